The standard InChI is InChI=1S/C16H17BrN4/c17-14-6-18-16(19-7-14)21-10-12-8-20(9-13(12)11-21)15-4-2-1-3-5-15/h1-7,12-13H,8-11H2. The summed E-state index contributed by atoms with van der Waals surface area (Å²) in [5.74, 6) is 2.30. The average Bonchev–Trinajstić information content (AvgIpc) is 3.07. The molecule has 0 saturated carbocycles. The number of benzene rings is 1. The molecule has 4 rings (SSSR count). The van der Waals surface area contributed by atoms with Crippen LogP contribution in [-0.4, -0.2) is 36.1 Å². The van der Waals surface area contributed by atoms with Gasteiger partial charge in [0.05, 0.1) is 4.47 Å². The summed E-state index contributed by atoms with van der Waals surface area (Å²) in [5.41, 5.74) is 1.35. The van der Waals surface area contributed by atoms with E-state index in [2.05, 4.69) is 66.0 Å². The van der Waals surface area contributed by atoms with Crippen LogP contribution in [0.15, 0.2) is 47.2 Å². The highest BCUT2D eigenvalue weighted by atomic mass is 79.9. The highest BCUT2D eigenvalue weighted by molar-refractivity contribution is 9.10. The Labute approximate surface area is 132 Å². The van der Waals surface area contributed by atoms with Crippen LogP contribution in [0.25, 0.3) is 0 Å². The van der Waals surface area contributed by atoms with Gasteiger partial charge in [-0.1, -0.05) is 18.2 Å². The van der Waals surface area contributed by atoms with E-state index in [1.165, 1.54) is 5.69 Å². The van der Waals surface area contributed by atoms with Crippen molar-refractivity contribution in [2.45, 2.75) is 0 Å². The molecule has 2 aliphatic rings. The van der Waals surface area contributed by atoms with E-state index in [0.29, 0.717) is 0 Å². The maximum Gasteiger partial charge on any atom is 0.225 e. The third-order valence-corrected chi connectivity index (χ3v) is 4.91. The minimum absolute atomic E-state index is 0.720. The van der Waals surface area contributed by atoms with E-state index >= 15 is 0 Å². The fourth-order valence-corrected chi connectivity index (χ4v) is 3.68. The van der Waals surface area contributed by atoms with Crippen LogP contribution in [0.4, 0.5) is 11.6 Å². The van der Waals surface area contributed by atoms with Gasteiger partial charge in [0.1, 0.15) is 0 Å². The minimum atomic E-state index is 0.720. The second kappa shape index (κ2) is 5.30. The smallest absolute Gasteiger partial charge is 0.225 e. The normalized spacial score (nSPS) is 24.4. The van der Waals surface area contributed by atoms with E-state index in [-0.39, 0.29) is 0 Å². The van der Waals surface area contributed by atoms with E-state index in [9.17, 15) is 0 Å². The van der Waals surface area contributed by atoms with Crippen LogP contribution < -0.4 is 9.80 Å². The van der Waals surface area contributed by atoms with Crippen LogP contribution in [0.3, 0.4) is 0 Å². The average molecular weight is 345 g/mol. The SMILES string of the molecule is Brc1cnc(N2CC3CN(c4ccccc4)CC3C2)nc1. The van der Waals surface area contributed by atoms with Gasteiger partial charge < -0.3 is 9.80 Å². The van der Waals surface area contributed by atoms with Gasteiger partial charge in [0.2, 0.25) is 5.95 Å². The number of halogens is 1. The van der Waals surface area contributed by atoms with Gasteiger partial charge in [0.15, 0.2) is 0 Å². The zero-order valence-electron chi connectivity index (χ0n) is 11.7. The Morgan fingerprint density at radius 2 is 1.43 bits per heavy atom. The Hall–Kier alpha value is -1.62. The molecule has 1 aromatic heterocycles. The first-order chi connectivity index (χ1) is 10.3. The van der Waals surface area contributed by atoms with Crippen LogP contribution in [0.2, 0.25) is 0 Å². The Morgan fingerprint density at radius 1 is 0.857 bits per heavy atom. The van der Waals surface area contributed by atoms with E-state index in [1.54, 1.807) is 0 Å². The lowest BCUT2D eigenvalue weighted by molar-refractivity contribution is 0.533. The molecule has 2 atom stereocenters. The van der Waals surface area contributed by atoms with Gasteiger partial charge >= 0.3 is 0 Å². The third-order valence-electron chi connectivity index (χ3n) is 4.50. The number of nitrogens with zero attached hydrogens (tertiary/aromatic N) is 4. The molecular weight excluding hydrogens is 328 g/mol. The molecule has 0 bridgehead atoms. The zero-order valence-corrected chi connectivity index (χ0v) is 13.3. The lowest BCUT2D eigenvalue weighted by Gasteiger charge is -2.23. The van der Waals surface area contributed by atoms with Gasteiger partial charge in [-0.3, -0.25) is 0 Å². The molecule has 2 fully saturated rings. The topological polar surface area (TPSA) is 32.3 Å². The maximum atomic E-state index is 4.42. The van der Waals surface area contributed by atoms with Crippen molar-refractivity contribution in [3.63, 3.8) is 0 Å². The molecule has 21 heavy (non-hydrogen) atoms. The molecule has 5 heteroatoms. The Kier molecular flexibility index (Phi) is 3.30. The molecule has 3 heterocycles. The molecular formula is C16H17BrN4. The molecule has 0 amide bonds. The number of aromatic nitrogens is 2. The lowest BCUT2D eigenvalue weighted by Crippen LogP contribution is -2.29. The van der Waals surface area contributed by atoms with E-state index in [0.717, 1.165) is 48.4 Å². The van der Waals surface area contributed by atoms with Gasteiger partial charge in [-0.25, -0.2) is 9.97 Å². The van der Waals surface area contributed by atoms with Gasteiger partial charge in [-0.15, -0.1) is 0 Å². The molecule has 0 spiro atoms. The minimum Gasteiger partial charge on any atom is -0.371 e. The number of rotatable bonds is 2. The Morgan fingerprint density at radius 3 is 2.05 bits per heavy atom. The number of hydrogen-bond donors (Lipinski definition) is 0. The second-order valence-electron chi connectivity index (χ2n) is 5.87. The summed E-state index contributed by atoms with van der Waals surface area (Å²) >= 11 is 3.39. The van der Waals surface area contributed by atoms with Crippen LogP contribution >= 0.6 is 15.9 Å². The molecule has 2 saturated heterocycles. The van der Waals surface area contributed by atoms with Gasteiger partial charge in [0, 0.05) is 56.1 Å². The summed E-state index contributed by atoms with van der Waals surface area (Å²) in [6.07, 6.45) is 3.65. The van der Waals surface area contributed by atoms with E-state index in [4.69, 9.17) is 0 Å². The zero-order chi connectivity index (χ0) is 14.2. The van der Waals surface area contributed by atoms with Crippen molar-refractivity contribution in [1.29, 1.82) is 0 Å². The third kappa shape index (κ3) is 2.50. The summed E-state index contributed by atoms with van der Waals surface area (Å²) in [5, 5.41) is 0. The molecule has 2 aromatic rings. The van der Waals surface area contributed by atoms with Crippen molar-refractivity contribution >= 4 is 27.6 Å². The molecule has 0 radical (unpaired) electrons. The Balaban J connectivity index is 1.45. The van der Waals surface area contributed by atoms with Crippen LogP contribution in [0, 0.1) is 11.8 Å². The van der Waals surface area contributed by atoms with Crippen molar-refractivity contribution in [2.24, 2.45) is 11.8 Å². The largest absolute Gasteiger partial charge is 0.371 e. The van der Waals surface area contributed by atoms with Gasteiger partial charge in [-0.05, 0) is 28.1 Å². The fourth-order valence-electron chi connectivity index (χ4n) is 3.47. The van der Waals surface area contributed by atoms with Crippen LogP contribution in [0.5, 0.6) is 0 Å². The monoisotopic (exact) mass is 344 g/mol. The Bertz CT molecular complexity index is 602. The number of hydrogen-bond acceptors (Lipinski definition) is 4. The lowest BCUT2D eigenvalue weighted by atomic mass is 10.0. The summed E-state index contributed by atoms with van der Waals surface area (Å²) in [6, 6.07) is 10.7. The molecule has 0 N–H and O–H groups in total. The van der Waals surface area contributed by atoms with Crippen molar-refractivity contribution in [3.8, 4) is 0 Å². The predicted octanol–water partition coefficient (Wildman–Crippen LogP) is 2.81. The number of para-hydroxylation sites is 1. The fraction of sp³-hybridized carbons (Fsp3) is 0.375. The van der Waals surface area contributed by atoms with Crippen molar-refractivity contribution in [3.05, 3.63) is 47.2 Å². The highest BCUT2D eigenvalue weighted by Crippen LogP contribution is 2.35. The molecule has 4 nitrogen and oxygen atoms in total. The van der Waals surface area contributed by atoms with Gasteiger partial charge in [0.25, 0.3) is 0 Å². The predicted molar refractivity (Wildman–Crippen MR) is 87.6 cm³/mol. The number of fused-ring (bicyclic) bond motifs is 1. The summed E-state index contributed by atoms with van der Waals surface area (Å²) < 4.78 is 0.931. The van der Waals surface area contributed by atoms with E-state index < -0.39 is 0 Å². The first-order valence-corrected chi connectivity index (χ1v) is 8.11. The highest BCUT2D eigenvalue weighted by Gasteiger charge is 2.40. The van der Waals surface area contributed by atoms with Crippen LogP contribution in [0.1, 0.15) is 0 Å². The van der Waals surface area contributed by atoms with E-state index in [1.807, 2.05) is 12.4 Å². The van der Waals surface area contributed by atoms with Crippen molar-refractivity contribution in [1.82, 2.24) is 9.97 Å². The molecule has 0 aliphatic carbocycles. The molecule has 1 aromatic carbocycles. The van der Waals surface area contributed by atoms with Crippen molar-refractivity contribution < 1.29 is 0 Å². The van der Waals surface area contributed by atoms with Crippen LogP contribution in [-0.2, 0) is 0 Å². The first kappa shape index (κ1) is 13.1. The molecule has 108 valence electrons. The first-order valence-electron chi connectivity index (χ1n) is 7.32. The number of anilines is 2. The summed E-state index contributed by atoms with van der Waals surface area (Å²) in [6.45, 7) is 4.41. The van der Waals surface area contributed by atoms with Crippen molar-refractivity contribution in [2.75, 3.05) is 36.0 Å². The summed E-state index contributed by atoms with van der Waals surface area (Å²) in [4.78, 5) is 13.7. The maximum absolute atomic E-state index is 4.42. The molecule has 2 unspecified atom stereocenters. The van der Waals surface area contributed by atoms with Gasteiger partial charge in [-0.2, -0.15) is 0 Å². The summed E-state index contributed by atoms with van der Waals surface area (Å²) in [7, 11) is 0. The molecule has 2 aliphatic heterocycles. The second-order valence-corrected chi connectivity index (χ2v) is 6.78. The quantitative estimate of drug-likeness (QED) is 0.838.